The number of nitrogens with one attached hydrogen (secondary N) is 1. The smallest absolute Gasteiger partial charge is 0.122 e. The summed E-state index contributed by atoms with van der Waals surface area (Å²) in [6.07, 6.45) is 3.33. The first kappa shape index (κ1) is 15.4. The van der Waals surface area contributed by atoms with Gasteiger partial charge >= 0.3 is 0 Å². The molecule has 0 radical (unpaired) electrons. The SMILES string of the molecule is CCNC(CCSC)c1cc(C)c(OC)cc1C. The first-order valence-corrected chi connectivity index (χ1v) is 7.90. The second-order valence-electron chi connectivity index (χ2n) is 4.57. The molecule has 0 spiro atoms. The molecule has 1 aromatic carbocycles. The lowest BCUT2D eigenvalue weighted by atomic mass is 9.96. The van der Waals surface area contributed by atoms with Gasteiger partial charge in [-0.25, -0.2) is 0 Å². The Morgan fingerprint density at radius 2 is 2.00 bits per heavy atom. The van der Waals surface area contributed by atoms with Crippen molar-refractivity contribution >= 4 is 11.8 Å². The van der Waals surface area contributed by atoms with Gasteiger partial charge in [-0.2, -0.15) is 11.8 Å². The number of thioether (sulfide) groups is 1. The molecular weight excluding hydrogens is 242 g/mol. The van der Waals surface area contributed by atoms with Gasteiger partial charge in [0.25, 0.3) is 0 Å². The van der Waals surface area contributed by atoms with Gasteiger partial charge in [-0.3, -0.25) is 0 Å². The van der Waals surface area contributed by atoms with Crippen LogP contribution in [0.15, 0.2) is 12.1 Å². The fraction of sp³-hybridized carbons (Fsp3) is 0.600. The molecule has 0 aliphatic rings. The minimum Gasteiger partial charge on any atom is -0.496 e. The Balaban J connectivity index is 2.99. The van der Waals surface area contributed by atoms with Crippen molar-refractivity contribution in [1.29, 1.82) is 0 Å². The highest BCUT2D eigenvalue weighted by molar-refractivity contribution is 7.98. The molecule has 2 nitrogen and oxygen atoms in total. The predicted molar refractivity (Wildman–Crippen MR) is 81.9 cm³/mol. The van der Waals surface area contributed by atoms with Gasteiger partial charge in [0.1, 0.15) is 5.75 Å². The van der Waals surface area contributed by atoms with Crippen LogP contribution in [0, 0.1) is 13.8 Å². The average molecular weight is 267 g/mol. The first-order valence-electron chi connectivity index (χ1n) is 6.51. The van der Waals surface area contributed by atoms with E-state index in [0.717, 1.165) is 12.3 Å². The van der Waals surface area contributed by atoms with Crippen LogP contribution in [-0.4, -0.2) is 25.7 Å². The van der Waals surface area contributed by atoms with E-state index in [2.05, 4.69) is 44.5 Å². The molecule has 0 saturated heterocycles. The second-order valence-corrected chi connectivity index (χ2v) is 5.56. The van der Waals surface area contributed by atoms with Crippen molar-refractivity contribution in [1.82, 2.24) is 5.32 Å². The lowest BCUT2D eigenvalue weighted by Crippen LogP contribution is -2.22. The van der Waals surface area contributed by atoms with E-state index in [-0.39, 0.29) is 0 Å². The summed E-state index contributed by atoms with van der Waals surface area (Å²) in [5, 5.41) is 3.59. The molecular formula is C15H25NOS. The minimum atomic E-state index is 0.451. The monoisotopic (exact) mass is 267 g/mol. The standard InChI is InChI=1S/C15H25NOS/c1-6-16-14(7-8-18-5)13-9-12(3)15(17-4)10-11(13)2/h9-10,14,16H,6-8H2,1-5H3. The van der Waals surface area contributed by atoms with E-state index in [1.54, 1.807) is 7.11 Å². The quantitative estimate of drug-likeness (QED) is 0.813. The summed E-state index contributed by atoms with van der Waals surface area (Å²) < 4.78 is 5.38. The van der Waals surface area contributed by atoms with Crippen molar-refractivity contribution in [2.75, 3.05) is 25.7 Å². The zero-order valence-corrected chi connectivity index (χ0v) is 13.0. The lowest BCUT2D eigenvalue weighted by Gasteiger charge is -2.21. The summed E-state index contributed by atoms with van der Waals surface area (Å²) in [6, 6.07) is 4.86. The van der Waals surface area contributed by atoms with Gasteiger partial charge in [0, 0.05) is 6.04 Å². The van der Waals surface area contributed by atoms with Gasteiger partial charge in [-0.15, -0.1) is 0 Å². The third-order valence-corrected chi connectivity index (χ3v) is 3.86. The van der Waals surface area contributed by atoms with Crippen LogP contribution in [0.3, 0.4) is 0 Å². The zero-order valence-electron chi connectivity index (χ0n) is 12.2. The van der Waals surface area contributed by atoms with Gasteiger partial charge in [-0.05, 0) is 61.6 Å². The number of ether oxygens (including phenoxy) is 1. The van der Waals surface area contributed by atoms with Gasteiger partial charge in [0.2, 0.25) is 0 Å². The molecule has 102 valence electrons. The molecule has 1 rings (SSSR count). The molecule has 1 atom stereocenters. The van der Waals surface area contributed by atoms with Crippen LogP contribution >= 0.6 is 11.8 Å². The second kappa shape index (κ2) is 7.70. The van der Waals surface area contributed by atoms with Crippen LogP contribution in [0.5, 0.6) is 5.75 Å². The molecule has 1 unspecified atom stereocenters. The van der Waals surface area contributed by atoms with Crippen LogP contribution in [0.1, 0.15) is 36.1 Å². The Kier molecular flexibility index (Phi) is 6.58. The van der Waals surface area contributed by atoms with Gasteiger partial charge in [0.05, 0.1) is 7.11 Å². The Bertz CT molecular complexity index is 379. The van der Waals surface area contributed by atoms with Gasteiger partial charge in [0.15, 0.2) is 0 Å². The van der Waals surface area contributed by atoms with E-state index in [4.69, 9.17) is 4.74 Å². The maximum atomic E-state index is 5.38. The molecule has 0 aromatic heterocycles. The molecule has 1 aromatic rings. The summed E-state index contributed by atoms with van der Waals surface area (Å²) in [7, 11) is 1.73. The van der Waals surface area contributed by atoms with Crippen LogP contribution in [-0.2, 0) is 0 Å². The minimum absolute atomic E-state index is 0.451. The van der Waals surface area contributed by atoms with Crippen LogP contribution in [0.2, 0.25) is 0 Å². The summed E-state index contributed by atoms with van der Waals surface area (Å²) >= 11 is 1.90. The first-order chi connectivity index (χ1) is 8.63. The molecule has 0 bridgehead atoms. The molecule has 0 heterocycles. The number of methoxy groups -OCH3 is 1. The van der Waals surface area contributed by atoms with Crippen LogP contribution in [0.4, 0.5) is 0 Å². The fourth-order valence-electron chi connectivity index (χ4n) is 2.26. The van der Waals surface area contributed by atoms with Gasteiger partial charge < -0.3 is 10.1 Å². The Labute approximate surface area is 116 Å². The van der Waals surface area contributed by atoms with Crippen LogP contribution < -0.4 is 10.1 Å². The van der Waals surface area contributed by atoms with E-state index in [9.17, 15) is 0 Å². The van der Waals surface area contributed by atoms with E-state index < -0.39 is 0 Å². The molecule has 3 heteroatoms. The van der Waals surface area contributed by atoms with Crippen molar-refractivity contribution in [3.05, 3.63) is 28.8 Å². The van der Waals surface area contributed by atoms with E-state index in [1.807, 2.05) is 11.8 Å². The highest BCUT2D eigenvalue weighted by Crippen LogP contribution is 2.28. The topological polar surface area (TPSA) is 21.3 Å². The average Bonchev–Trinajstić information content (AvgIpc) is 2.37. The molecule has 0 fully saturated rings. The third kappa shape index (κ3) is 3.92. The lowest BCUT2D eigenvalue weighted by molar-refractivity contribution is 0.410. The molecule has 1 N–H and O–H groups in total. The number of hydrogen-bond acceptors (Lipinski definition) is 3. The highest BCUT2D eigenvalue weighted by Gasteiger charge is 2.14. The Morgan fingerprint density at radius 3 is 2.56 bits per heavy atom. The molecule has 0 amide bonds. The van der Waals surface area contributed by atoms with E-state index in [0.29, 0.717) is 6.04 Å². The Morgan fingerprint density at radius 1 is 1.28 bits per heavy atom. The third-order valence-electron chi connectivity index (χ3n) is 3.22. The van der Waals surface area contributed by atoms with Crippen molar-refractivity contribution in [2.24, 2.45) is 0 Å². The van der Waals surface area contributed by atoms with Crippen LogP contribution in [0.25, 0.3) is 0 Å². The molecule has 18 heavy (non-hydrogen) atoms. The molecule has 0 saturated carbocycles. The normalized spacial score (nSPS) is 12.5. The number of aryl methyl sites for hydroxylation is 2. The molecule has 0 aliphatic heterocycles. The maximum absolute atomic E-state index is 5.38. The van der Waals surface area contributed by atoms with Crippen molar-refractivity contribution in [3.63, 3.8) is 0 Å². The largest absolute Gasteiger partial charge is 0.496 e. The number of benzene rings is 1. The number of rotatable bonds is 7. The Hall–Kier alpha value is -0.670. The van der Waals surface area contributed by atoms with E-state index >= 15 is 0 Å². The summed E-state index contributed by atoms with van der Waals surface area (Å²) in [6.45, 7) is 7.45. The predicted octanol–water partition coefficient (Wildman–Crippen LogP) is 3.72. The van der Waals surface area contributed by atoms with Crippen molar-refractivity contribution in [3.8, 4) is 5.75 Å². The fourth-order valence-corrected chi connectivity index (χ4v) is 2.73. The summed E-state index contributed by atoms with van der Waals surface area (Å²) in [5.41, 5.74) is 3.93. The summed E-state index contributed by atoms with van der Waals surface area (Å²) in [5.74, 6) is 2.17. The van der Waals surface area contributed by atoms with Gasteiger partial charge in [-0.1, -0.05) is 13.0 Å². The van der Waals surface area contributed by atoms with Crippen molar-refractivity contribution < 1.29 is 4.74 Å². The summed E-state index contributed by atoms with van der Waals surface area (Å²) in [4.78, 5) is 0. The molecule has 0 aliphatic carbocycles. The number of hydrogen-bond donors (Lipinski definition) is 1. The van der Waals surface area contributed by atoms with Crippen molar-refractivity contribution in [2.45, 2.75) is 33.2 Å². The maximum Gasteiger partial charge on any atom is 0.122 e. The zero-order chi connectivity index (χ0) is 13.5. The highest BCUT2D eigenvalue weighted by atomic mass is 32.2. The van der Waals surface area contributed by atoms with E-state index in [1.165, 1.54) is 28.9 Å².